The quantitative estimate of drug-likeness (QED) is 0.809. The van der Waals surface area contributed by atoms with Gasteiger partial charge in [-0.25, -0.2) is 0 Å². The van der Waals surface area contributed by atoms with Gasteiger partial charge in [0.25, 0.3) is 0 Å². The summed E-state index contributed by atoms with van der Waals surface area (Å²) in [5.41, 5.74) is 1.92. The van der Waals surface area contributed by atoms with Crippen molar-refractivity contribution in [1.29, 1.82) is 0 Å². The number of hydrogen-bond acceptors (Lipinski definition) is 2. The summed E-state index contributed by atoms with van der Waals surface area (Å²) >= 11 is 0. The van der Waals surface area contributed by atoms with E-state index in [1.165, 1.54) is 5.56 Å². The number of hydrogen-bond donors (Lipinski definition) is 1. The van der Waals surface area contributed by atoms with Crippen molar-refractivity contribution in [2.45, 2.75) is 32.5 Å². The highest BCUT2D eigenvalue weighted by Crippen LogP contribution is 2.22. The zero-order valence-electron chi connectivity index (χ0n) is 11.9. The Labute approximate surface area is 123 Å². The molecule has 0 amide bonds. The van der Waals surface area contributed by atoms with Crippen molar-refractivity contribution in [2.75, 3.05) is 0 Å². The van der Waals surface area contributed by atoms with Gasteiger partial charge in [0.15, 0.2) is 0 Å². The van der Waals surface area contributed by atoms with Crippen molar-refractivity contribution in [1.82, 2.24) is 5.32 Å². The summed E-state index contributed by atoms with van der Waals surface area (Å²) < 4.78 is 29.3. The van der Waals surface area contributed by atoms with Crippen LogP contribution in [0.4, 0.5) is 8.78 Å². The maximum absolute atomic E-state index is 12.4. The molecule has 4 heteroatoms. The van der Waals surface area contributed by atoms with Gasteiger partial charge < -0.3 is 10.1 Å². The molecule has 0 aliphatic heterocycles. The van der Waals surface area contributed by atoms with Crippen LogP contribution in [-0.2, 0) is 6.54 Å². The summed E-state index contributed by atoms with van der Waals surface area (Å²) in [5.74, 6) is 0.225. The molecule has 0 aliphatic carbocycles. The maximum atomic E-state index is 12.4. The van der Waals surface area contributed by atoms with Crippen molar-refractivity contribution in [2.24, 2.45) is 0 Å². The van der Waals surface area contributed by atoms with Gasteiger partial charge in [-0.2, -0.15) is 8.78 Å². The standard InChI is InChI=1S/C17H19F2NO/c1-2-15(13-8-4-3-5-9-13)20-12-14-10-6-7-11-16(14)21-17(18)19/h3-11,15,17,20H,2,12H2,1H3. The predicted molar refractivity (Wildman–Crippen MR) is 79.4 cm³/mol. The van der Waals surface area contributed by atoms with Crippen molar-refractivity contribution in [3.05, 3.63) is 65.7 Å². The fourth-order valence-electron chi connectivity index (χ4n) is 2.28. The molecule has 1 unspecified atom stereocenters. The first-order valence-electron chi connectivity index (χ1n) is 7.01. The largest absolute Gasteiger partial charge is 0.434 e. The van der Waals surface area contributed by atoms with E-state index in [1.54, 1.807) is 18.2 Å². The van der Waals surface area contributed by atoms with E-state index in [4.69, 9.17) is 0 Å². The fraction of sp³-hybridized carbons (Fsp3) is 0.294. The highest BCUT2D eigenvalue weighted by Gasteiger charge is 2.12. The molecular formula is C17H19F2NO. The Morgan fingerprint density at radius 3 is 2.33 bits per heavy atom. The molecule has 0 heterocycles. The van der Waals surface area contributed by atoms with Crippen LogP contribution in [0.15, 0.2) is 54.6 Å². The van der Waals surface area contributed by atoms with E-state index in [0.29, 0.717) is 6.54 Å². The predicted octanol–water partition coefficient (Wildman–Crippen LogP) is 4.53. The molecule has 0 aliphatic rings. The number of alkyl halides is 2. The molecule has 2 rings (SSSR count). The molecule has 0 fully saturated rings. The number of nitrogens with one attached hydrogen (secondary N) is 1. The van der Waals surface area contributed by atoms with Crippen molar-refractivity contribution >= 4 is 0 Å². The lowest BCUT2D eigenvalue weighted by molar-refractivity contribution is -0.0505. The minimum atomic E-state index is -2.80. The number of para-hydroxylation sites is 1. The number of rotatable bonds is 7. The Bertz CT molecular complexity index is 545. The zero-order valence-corrected chi connectivity index (χ0v) is 11.9. The normalized spacial score (nSPS) is 12.4. The number of halogens is 2. The molecular weight excluding hydrogens is 272 g/mol. The van der Waals surface area contributed by atoms with Crippen LogP contribution in [0.1, 0.15) is 30.5 Å². The Kier molecular flexibility index (Phi) is 5.69. The van der Waals surface area contributed by atoms with Crippen LogP contribution in [0.25, 0.3) is 0 Å². The third-order valence-electron chi connectivity index (χ3n) is 3.34. The van der Waals surface area contributed by atoms with Gasteiger partial charge in [-0.3, -0.25) is 0 Å². The Morgan fingerprint density at radius 1 is 1.00 bits per heavy atom. The highest BCUT2D eigenvalue weighted by molar-refractivity contribution is 5.33. The smallest absolute Gasteiger partial charge is 0.387 e. The minimum Gasteiger partial charge on any atom is -0.434 e. The van der Waals surface area contributed by atoms with E-state index in [0.717, 1.165) is 12.0 Å². The van der Waals surface area contributed by atoms with Crippen LogP contribution in [0.2, 0.25) is 0 Å². The van der Waals surface area contributed by atoms with Gasteiger partial charge in [0, 0.05) is 18.2 Å². The molecule has 21 heavy (non-hydrogen) atoms. The number of benzene rings is 2. The molecule has 1 N–H and O–H groups in total. The first kappa shape index (κ1) is 15.4. The average Bonchev–Trinajstić information content (AvgIpc) is 2.50. The van der Waals surface area contributed by atoms with Gasteiger partial charge in [-0.1, -0.05) is 55.5 Å². The van der Waals surface area contributed by atoms with Crippen molar-refractivity contribution in [3.8, 4) is 5.75 Å². The molecule has 0 bridgehead atoms. The first-order chi connectivity index (χ1) is 10.2. The fourth-order valence-corrected chi connectivity index (χ4v) is 2.28. The third-order valence-corrected chi connectivity index (χ3v) is 3.34. The van der Waals surface area contributed by atoms with E-state index < -0.39 is 6.61 Å². The second-order valence-corrected chi connectivity index (χ2v) is 4.74. The Hall–Kier alpha value is -1.94. The maximum Gasteiger partial charge on any atom is 0.387 e. The summed E-state index contributed by atoms with van der Waals surface area (Å²) in [4.78, 5) is 0. The van der Waals surface area contributed by atoms with E-state index in [1.807, 2.05) is 24.3 Å². The van der Waals surface area contributed by atoms with Crippen LogP contribution in [0.5, 0.6) is 5.75 Å². The van der Waals surface area contributed by atoms with Gasteiger partial charge >= 0.3 is 6.61 Å². The zero-order chi connectivity index (χ0) is 15.1. The van der Waals surface area contributed by atoms with Crippen LogP contribution in [0.3, 0.4) is 0 Å². The van der Waals surface area contributed by atoms with E-state index >= 15 is 0 Å². The van der Waals surface area contributed by atoms with Crippen LogP contribution in [-0.4, -0.2) is 6.61 Å². The van der Waals surface area contributed by atoms with Gasteiger partial charge in [-0.05, 0) is 18.1 Å². The molecule has 2 aromatic carbocycles. The molecule has 0 radical (unpaired) electrons. The summed E-state index contributed by atoms with van der Waals surface area (Å²) in [6, 6.07) is 17.1. The van der Waals surface area contributed by atoms with E-state index in [-0.39, 0.29) is 11.8 Å². The van der Waals surface area contributed by atoms with Gasteiger partial charge in [0.1, 0.15) is 5.75 Å². The van der Waals surface area contributed by atoms with Gasteiger partial charge in [-0.15, -0.1) is 0 Å². The van der Waals surface area contributed by atoms with Crippen LogP contribution in [0, 0.1) is 0 Å². The SMILES string of the molecule is CCC(NCc1ccccc1OC(F)F)c1ccccc1. The molecule has 2 nitrogen and oxygen atoms in total. The minimum absolute atomic E-state index is 0.186. The Morgan fingerprint density at radius 2 is 1.67 bits per heavy atom. The van der Waals surface area contributed by atoms with Crippen molar-refractivity contribution < 1.29 is 13.5 Å². The lowest BCUT2D eigenvalue weighted by Crippen LogP contribution is -2.20. The summed E-state index contributed by atoms with van der Waals surface area (Å²) in [5, 5.41) is 3.39. The monoisotopic (exact) mass is 291 g/mol. The van der Waals surface area contributed by atoms with Gasteiger partial charge in [0.05, 0.1) is 0 Å². The summed E-state index contributed by atoms with van der Waals surface area (Å²) in [7, 11) is 0. The van der Waals surface area contributed by atoms with Crippen molar-refractivity contribution in [3.63, 3.8) is 0 Å². The van der Waals surface area contributed by atoms with Gasteiger partial charge in [0.2, 0.25) is 0 Å². The Balaban J connectivity index is 2.05. The molecule has 1 atom stereocenters. The summed E-state index contributed by atoms with van der Waals surface area (Å²) in [6.07, 6.45) is 0.919. The molecule has 0 aromatic heterocycles. The molecule has 2 aromatic rings. The molecule has 0 saturated carbocycles. The van der Waals surface area contributed by atoms with Crippen LogP contribution >= 0.6 is 0 Å². The van der Waals surface area contributed by atoms with E-state index in [2.05, 4.69) is 29.1 Å². The third kappa shape index (κ3) is 4.53. The topological polar surface area (TPSA) is 21.3 Å². The molecule has 112 valence electrons. The molecule has 0 saturated heterocycles. The first-order valence-corrected chi connectivity index (χ1v) is 7.01. The van der Waals surface area contributed by atoms with E-state index in [9.17, 15) is 8.78 Å². The summed E-state index contributed by atoms with van der Waals surface area (Å²) in [6.45, 7) is -0.232. The lowest BCUT2D eigenvalue weighted by Gasteiger charge is -2.18. The average molecular weight is 291 g/mol. The second-order valence-electron chi connectivity index (χ2n) is 4.74. The second kappa shape index (κ2) is 7.74. The highest BCUT2D eigenvalue weighted by atomic mass is 19.3. The lowest BCUT2D eigenvalue weighted by atomic mass is 10.0. The number of ether oxygens (including phenoxy) is 1. The molecule has 0 spiro atoms. The van der Waals surface area contributed by atoms with Crippen LogP contribution < -0.4 is 10.1 Å².